The van der Waals surface area contributed by atoms with E-state index in [0.29, 0.717) is 10.8 Å². The van der Waals surface area contributed by atoms with Crippen molar-refractivity contribution in [1.82, 2.24) is 4.98 Å². The molecular formula is C15H19N3O2S. The zero-order valence-electron chi connectivity index (χ0n) is 12.4. The summed E-state index contributed by atoms with van der Waals surface area (Å²) in [6.07, 6.45) is 0. The predicted molar refractivity (Wildman–Crippen MR) is 87.1 cm³/mol. The van der Waals surface area contributed by atoms with E-state index >= 15 is 0 Å². The highest BCUT2D eigenvalue weighted by molar-refractivity contribution is 7.17. The van der Waals surface area contributed by atoms with Crippen LogP contribution in [0.1, 0.15) is 29.2 Å². The van der Waals surface area contributed by atoms with E-state index < -0.39 is 5.97 Å². The molecule has 21 heavy (non-hydrogen) atoms. The Morgan fingerprint density at radius 1 is 1.29 bits per heavy atom. The monoisotopic (exact) mass is 305 g/mol. The van der Waals surface area contributed by atoms with Gasteiger partial charge in [0.1, 0.15) is 4.88 Å². The fourth-order valence-electron chi connectivity index (χ4n) is 2.12. The zero-order valence-corrected chi connectivity index (χ0v) is 13.2. The van der Waals surface area contributed by atoms with Gasteiger partial charge in [-0.1, -0.05) is 11.3 Å². The molecule has 6 heteroatoms. The number of thiazole rings is 1. The lowest BCUT2D eigenvalue weighted by Gasteiger charge is -2.21. The SMILES string of the molecule is CCN(CC)c1ccc(Nc2nc(C)c(C(=O)O)s2)cc1. The smallest absolute Gasteiger partial charge is 0.347 e. The Balaban J connectivity index is 2.13. The van der Waals surface area contributed by atoms with E-state index in [1.165, 1.54) is 5.69 Å². The summed E-state index contributed by atoms with van der Waals surface area (Å²) in [6.45, 7) is 7.89. The molecule has 2 N–H and O–H groups in total. The van der Waals surface area contributed by atoms with Crippen LogP contribution in [-0.4, -0.2) is 29.1 Å². The van der Waals surface area contributed by atoms with Crippen molar-refractivity contribution in [2.24, 2.45) is 0 Å². The standard InChI is InChI=1S/C15H19N3O2S/c1-4-18(5-2)12-8-6-11(7-9-12)17-15-16-10(3)13(21-15)14(19)20/h6-9H,4-5H2,1-3H3,(H,16,17)(H,19,20). The molecule has 1 aromatic heterocycles. The van der Waals surface area contributed by atoms with Gasteiger partial charge in [0, 0.05) is 24.5 Å². The third kappa shape index (κ3) is 3.52. The average Bonchev–Trinajstić information content (AvgIpc) is 2.83. The van der Waals surface area contributed by atoms with Gasteiger partial charge in [0.15, 0.2) is 5.13 Å². The van der Waals surface area contributed by atoms with Gasteiger partial charge in [0.25, 0.3) is 0 Å². The number of anilines is 3. The summed E-state index contributed by atoms with van der Waals surface area (Å²) in [5.74, 6) is -0.935. The van der Waals surface area contributed by atoms with Crippen LogP contribution in [0, 0.1) is 6.92 Å². The van der Waals surface area contributed by atoms with Crippen LogP contribution < -0.4 is 10.2 Å². The minimum Gasteiger partial charge on any atom is -0.477 e. The Labute approximate surface area is 128 Å². The van der Waals surface area contributed by atoms with Crippen LogP contribution in [0.4, 0.5) is 16.5 Å². The fraction of sp³-hybridized carbons (Fsp3) is 0.333. The first-order valence-electron chi connectivity index (χ1n) is 6.87. The Bertz CT molecular complexity index is 618. The molecule has 1 aromatic carbocycles. The second-order valence-corrected chi connectivity index (χ2v) is 5.58. The summed E-state index contributed by atoms with van der Waals surface area (Å²) >= 11 is 1.15. The van der Waals surface area contributed by atoms with Crippen LogP contribution in [-0.2, 0) is 0 Å². The molecule has 0 atom stereocenters. The number of aromatic nitrogens is 1. The number of rotatable bonds is 6. The minimum absolute atomic E-state index is 0.275. The molecule has 5 nitrogen and oxygen atoms in total. The lowest BCUT2D eigenvalue weighted by Crippen LogP contribution is -2.21. The number of carboxylic acids is 1. The predicted octanol–water partition coefficient (Wildman–Crippen LogP) is 3.74. The Morgan fingerprint density at radius 3 is 2.38 bits per heavy atom. The third-order valence-corrected chi connectivity index (χ3v) is 4.30. The van der Waals surface area contributed by atoms with E-state index in [2.05, 4.69) is 29.0 Å². The maximum Gasteiger partial charge on any atom is 0.347 e. The van der Waals surface area contributed by atoms with E-state index in [-0.39, 0.29) is 4.88 Å². The van der Waals surface area contributed by atoms with Gasteiger partial charge in [-0.15, -0.1) is 0 Å². The highest BCUT2D eigenvalue weighted by atomic mass is 32.1. The first-order chi connectivity index (χ1) is 10.0. The number of nitrogens with zero attached hydrogens (tertiary/aromatic N) is 2. The number of hydrogen-bond donors (Lipinski definition) is 2. The zero-order chi connectivity index (χ0) is 15.4. The molecular weight excluding hydrogens is 286 g/mol. The fourth-order valence-corrected chi connectivity index (χ4v) is 2.94. The van der Waals surface area contributed by atoms with Gasteiger partial charge in [-0.3, -0.25) is 0 Å². The van der Waals surface area contributed by atoms with Gasteiger partial charge in [0.2, 0.25) is 0 Å². The van der Waals surface area contributed by atoms with E-state index in [0.717, 1.165) is 30.1 Å². The molecule has 2 aromatic rings. The van der Waals surface area contributed by atoms with Gasteiger partial charge in [-0.25, -0.2) is 9.78 Å². The van der Waals surface area contributed by atoms with Crippen molar-refractivity contribution in [1.29, 1.82) is 0 Å². The number of carbonyl (C=O) groups is 1. The maximum atomic E-state index is 11.0. The highest BCUT2D eigenvalue weighted by Gasteiger charge is 2.13. The summed E-state index contributed by atoms with van der Waals surface area (Å²) in [7, 11) is 0. The number of nitrogens with one attached hydrogen (secondary N) is 1. The van der Waals surface area contributed by atoms with Gasteiger partial charge in [-0.2, -0.15) is 0 Å². The lowest BCUT2D eigenvalue weighted by atomic mass is 10.2. The topological polar surface area (TPSA) is 65.5 Å². The summed E-state index contributed by atoms with van der Waals surface area (Å²) in [6, 6.07) is 8.05. The molecule has 112 valence electrons. The van der Waals surface area contributed by atoms with Crippen molar-refractivity contribution in [3.8, 4) is 0 Å². The van der Waals surface area contributed by atoms with Crippen molar-refractivity contribution in [2.75, 3.05) is 23.3 Å². The number of aryl methyl sites for hydroxylation is 1. The number of benzene rings is 1. The molecule has 0 aliphatic heterocycles. The van der Waals surface area contributed by atoms with Gasteiger partial charge < -0.3 is 15.3 Å². The van der Waals surface area contributed by atoms with Gasteiger partial charge >= 0.3 is 5.97 Å². The molecule has 0 fully saturated rings. The average molecular weight is 305 g/mol. The van der Waals surface area contributed by atoms with Crippen LogP contribution in [0.15, 0.2) is 24.3 Å². The molecule has 1 heterocycles. The normalized spacial score (nSPS) is 10.4. The molecule has 0 aliphatic carbocycles. The number of aromatic carboxylic acids is 1. The van der Waals surface area contributed by atoms with Gasteiger partial charge in [-0.05, 0) is 45.0 Å². The number of carboxylic acid groups (broad SMARTS) is 1. The van der Waals surface area contributed by atoms with Crippen molar-refractivity contribution >= 4 is 33.8 Å². The van der Waals surface area contributed by atoms with Gasteiger partial charge in [0.05, 0.1) is 5.69 Å². The van der Waals surface area contributed by atoms with E-state index in [9.17, 15) is 4.79 Å². The van der Waals surface area contributed by atoms with E-state index in [1.54, 1.807) is 6.92 Å². The van der Waals surface area contributed by atoms with E-state index in [1.807, 2.05) is 24.3 Å². The molecule has 0 saturated carbocycles. The van der Waals surface area contributed by atoms with Crippen molar-refractivity contribution < 1.29 is 9.90 Å². The summed E-state index contributed by atoms with van der Waals surface area (Å²) in [5, 5.41) is 12.8. The van der Waals surface area contributed by atoms with Crippen LogP contribution in [0.3, 0.4) is 0 Å². The van der Waals surface area contributed by atoms with Crippen LogP contribution in [0.25, 0.3) is 0 Å². The molecule has 0 saturated heterocycles. The lowest BCUT2D eigenvalue weighted by molar-refractivity contribution is 0.0701. The Morgan fingerprint density at radius 2 is 1.90 bits per heavy atom. The first-order valence-corrected chi connectivity index (χ1v) is 7.69. The second-order valence-electron chi connectivity index (χ2n) is 4.58. The summed E-state index contributed by atoms with van der Waals surface area (Å²) in [5.41, 5.74) is 2.61. The highest BCUT2D eigenvalue weighted by Crippen LogP contribution is 2.26. The molecule has 0 spiro atoms. The molecule has 0 radical (unpaired) electrons. The molecule has 0 unspecified atom stereocenters. The van der Waals surface area contributed by atoms with Crippen molar-refractivity contribution in [3.05, 3.63) is 34.8 Å². The van der Waals surface area contributed by atoms with Crippen molar-refractivity contribution in [2.45, 2.75) is 20.8 Å². The minimum atomic E-state index is -0.935. The molecule has 0 bridgehead atoms. The maximum absolute atomic E-state index is 11.0. The third-order valence-electron chi connectivity index (χ3n) is 3.24. The van der Waals surface area contributed by atoms with Crippen LogP contribution in [0.5, 0.6) is 0 Å². The second kappa shape index (κ2) is 6.58. The quantitative estimate of drug-likeness (QED) is 0.851. The molecule has 0 amide bonds. The number of hydrogen-bond acceptors (Lipinski definition) is 5. The summed E-state index contributed by atoms with van der Waals surface area (Å²) in [4.78, 5) is 17.8. The molecule has 0 aliphatic rings. The Hall–Kier alpha value is -2.08. The first kappa shape index (κ1) is 15.3. The van der Waals surface area contributed by atoms with Crippen LogP contribution >= 0.6 is 11.3 Å². The Kier molecular flexibility index (Phi) is 4.80. The molecule has 2 rings (SSSR count). The van der Waals surface area contributed by atoms with E-state index in [4.69, 9.17) is 5.11 Å². The van der Waals surface area contributed by atoms with Crippen molar-refractivity contribution in [3.63, 3.8) is 0 Å². The summed E-state index contributed by atoms with van der Waals surface area (Å²) < 4.78 is 0. The van der Waals surface area contributed by atoms with Crippen LogP contribution in [0.2, 0.25) is 0 Å². The largest absolute Gasteiger partial charge is 0.477 e.